The number of aryl methyl sites for hydroxylation is 1. The highest BCUT2D eigenvalue weighted by Crippen LogP contribution is 2.32. The van der Waals surface area contributed by atoms with Gasteiger partial charge < -0.3 is 9.80 Å². The molecule has 0 heterocycles. The Balaban J connectivity index is 2.05. The highest BCUT2D eigenvalue weighted by molar-refractivity contribution is 5.55. The van der Waals surface area contributed by atoms with Crippen molar-refractivity contribution in [3.8, 4) is 0 Å². The lowest BCUT2D eigenvalue weighted by molar-refractivity contribution is 0.363. The molecule has 1 atom stereocenters. The standard InChI is InChI=1S/C24H28N2/c1-20-12-10-11-17-23(20)26(18-21-13-6-4-7-14-21)24(19-25(2)3)22-15-8-5-9-16-22/h4-17,24H,18-19H2,1-3H3. The number of para-hydroxylation sites is 1. The summed E-state index contributed by atoms with van der Waals surface area (Å²) in [4.78, 5) is 4.81. The number of anilines is 1. The summed E-state index contributed by atoms with van der Waals surface area (Å²) in [6, 6.07) is 30.6. The molecule has 3 aromatic rings. The van der Waals surface area contributed by atoms with Crippen LogP contribution in [0.25, 0.3) is 0 Å². The van der Waals surface area contributed by atoms with E-state index in [1.807, 2.05) is 0 Å². The molecule has 1 unspecified atom stereocenters. The van der Waals surface area contributed by atoms with Crippen LogP contribution in [0.3, 0.4) is 0 Å². The molecule has 0 aliphatic heterocycles. The fraction of sp³-hybridized carbons (Fsp3) is 0.250. The van der Waals surface area contributed by atoms with Gasteiger partial charge in [0.1, 0.15) is 0 Å². The molecule has 3 aromatic carbocycles. The normalized spacial score (nSPS) is 12.2. The van der Waals surface area contributed by atoms with Crippen molar-refractivity contribution in [2.24, 2.45) is 0 Å². The van der Waals surface area contributed by atoms with E-state index in [1.165, 1.54) is 22.4 Å². The molecule has 2 heteroatoms. The monoisotopic (exact) mass is 344 g/mol. The lowest BCUT2D eigenvalue weighted by atomic mass is 10.0. The summed E-state index contributed by atoms with van der Waals surface area (Å²) < 4.78 is 0. The average Bonchev–Trinajstić information content (AvgIpc) is 2.66. The summed E-state index contributed by atoms with van der Waals surface area (Å²) >= 11 is 0. The van der Waals surface area contributed by atoms with E-state index in [9.17, 15) is 0 Å². The molecule has 0 bridgehead atoms. The maximum absolute atomic E-state index is 2.54. The number of hydrogen-bond donors (Lipinski definition) is 0. The zero-order valence-corrected chi connectivity index (χ0v) is 16.0. The fourth-order valence-electron chi connectivity index (χ4n) is 3.43. The van der Waals surface area contributed by atoms with Crippen molar-refractivity contribution in [1.82, 2.24) is 4.90 Å². The maximum atomic E-state index is 2.54. The summed E-state index contributed by atoms with van der Waals surface area (Å²) in [5.41, 5.74) is 5.28. The third-order valence-electron chi connectivity index (χ3n) is 4.72. The van der Waals surface area contributed by atoms with Gasteiger partial charge in [-0.15, -0.1) is 0 Å². The zero-order chi connectivity index (χ0) is 18.4. The van der Waals surface area contributed by atoms with Crippen molar-refractivity contribution in [2.45, 2.75) is 19.5 Å². The Morgan fingerprint density at radius 1 is 0.731 bits per heavy atom. The van der Waals surface area contributed by atoms with Gasteiger partial charge in [0.25, 0.3) is 0 Å². The Bertz CT molecular complexity index is 797. The lowest BCUT2D eigenvalue weighted by Crippen LogP contribution is -2.35. The molecule has 0 aliphatic rings. The van der Waals surface area contributed by atoms with Crippen LogP contribution >= 0.6 is 0 Å². The van der Waals surface area contributed by atoms with Gasteiger partial charge in [-0.1, -0.05) is 78.9 Å². The minimum absolute atomic E-state index is 0.285. The minimum atomic E-state index is 0.285. The van der Waals surface area contributed by atoms with Crippen molar-refractivity contribution in [3.05, 3.63) is 102 Å². The third kappa shape index (κ3) is 4.53. The van der Waals surface area contributed by atoms with Crippen LogP contribution in [0.5, 0.6) is 0 Å². The summed E-state index contributed by atoms with van der Waals surface area (Å²) in [5.74, 6) is 0. The molecular weight excluding hydrogens is 316 g/mol. The number of likely N-dealkylation sites (N-methyl/N-ethyl adjacent to an activating group) is 1. The predicted molar refractivity (Wildman–Crippen MR) is 112 cm³/mol. The van der Waals surface area contributed by atoms with Gasteiger partial charge in [-0.25, -0.2) is 0 Å². The zero-order valence-electron chi connectivity index (χ0n) is 16.0. The Morgan fingerprint density at radius 3 is 1.92 bits per heavy atom. The van der Waals surface area contributed by atoms with Gasteiger partial charge in [0, 0.05) is 18.8 Å². The highest BCUT2D eigenvalue weighted by atomic mass is 15.2. The van der Waals surface area contributed by atoms with Gasteiger partial charge in [-0.2, -0.15) is 0 Å². The van der Waals surface area contributed by atoms with Crippen LogP contribution in [0, 0.1) is 6.92 Å². The first-order chi connectivity index (χ1) is 12.6. The summed E-state index contributed by atoms with van der Waals surface area (Å²) in [7, 11) is 4.29. The van der Waals surface area contributed by atoms with Crippen LogP contribution < -0.4 is 4.90 Å². The largest absolute Gasteiger partial charge is 0.359 e. The number of nitrogens with zero attached hydrogens (tertiary/aromatic N) is 2. The van der Waals surface area contributed by atoms with Gasteiger partial charge >= 0.3 is 0 Å². The Labute approximate surface area is 157 Å². The van der Waals surface area contributed by atoms with Gasteiger partial charge in [-0.3, -0.25) is 0 Å². The first kappa shape index (κ1) is 18.2. The smallest absolute Gasteiger partial charge is 0.0673 e. The predicted octanol–water partition coefficient (Wildman–Crippen LogP) is 5.30. The summed E-state index contributed by atoms with van der Waals surface area (Å²) in [5, 5.41) is 0. The van der Waals surface area contributed by atoms with Crippen molar-refractivity contribution in [3.63, 3.8) is 0 Å². The quantitative estimate of drug-likeness (QED) is 0.573. The first-order valence-corrected chi connectivity index (χ1v) is 9.21. The molecule has 0 saturated heterocycles. The Kier molecular flexibility index (Phi) is 6.08. The molecule has 0 aromatic heterocycles. The average molecular weight is 345 g/mol. The fourth-order valence-corrected chi connectivity index (χ4v) is 3.43. The van der Waals surface area contributed by atoms with Gasteiger partial charge in [-0.05, 0) is 43.8 Å². The van der Waals surface area contributed by atoms with Crippen LogP contribution in [0.1, 0.15) is 22.7 Å². The summed E-state index contributed by atoms with van der Waals surface area (Å²) in [6.07, 6.45) is 0. The lowest BCUT2D eigenvalue weighted by Gasteiger charge is -2.37. The molecule has 0 amide bonds. The van der Waals surface area contributed by atoms with E-state index < -0.39 is 0 Å². The maximum Gasteiger partial charge on any atom is 0.0673 e. The van der Waals surface area contributed by atoms with Crippen LogP contribution in [-0.4, -0.2) is 25.5 Å². The molecule has 2 nitrogen and oxygen atoms in total. The molecule has 0 spiro atoms. The van der Waals surface area contributed by atoms with E-state index in [4.69, 9.17) is 0 Å². The van der Waals surface area contributed by atoms with Crippen LogP contribution in [0.4, 0.5) is 5.69 Å². The first-order valence-electron chi connectivity index (χ1n) is 9.21. The van der Waals surface area contributed by atoms with Crippen LogP contribution in [-0.2, 0) is 6.54 Å². The van der Waals surface area contributed by atoms with E-state index in [0.29, 0.717) is 0 Å². The summed E-state index contributed by atoms with van der Waals surface area (Å²) in [6.45, 7) is 4.05. The second-order valence-electron chi connectivity index (χ2n) is 7.09. The molecule has 3 rings (SSSR count). The van der Waals surface area contributed by atoms with Crippen molar-refractivity contribution < 1.29 is 0 Å². The number of benzene rings is 3. The second-order valence-corrected chi connectivity index (χ2v) is 7.09. The van der Waals surface area contributed by atoms with E-state index in [0.717, 1.165) is 13.1 Å². The van der Waals surface area contributed by atoms with Gasteiger partial charge in [0.05, 0.1) is 6.04 Å². The van der Waals surface area contributed by atoms with E-state index in [-0.39, 0.29) is 6.04 Å². The second kappa shape index (κ2) is 8.68. The molecule has 134 valence electrons. The molecule has 0 saturated carbocycles. The van der Waals surface area contributed by atoms with Crippen LogP contribution in [0.2, 0.25) is 0 Å². The van der Waals surface area contributed by atoms with Crippen molar-refractivity contribution in [2.75, 3.05) is 25.5 Å². The van der Waals surface area contributed by atoms with Gasteiger partial charge in [0.2, 0.25) is 0 Å². The molecule has 0 aliphatic carbocycles. The van der Waals surface area contributed by atoms with E-state index in [2.05, 4.69) is 116 Å². The molecule has 26 heavy (non-hydrogen) atoms. The van der Waals surface area contributed by atoms with E-state index in [1.54, 1.807) is 0 Å². The molecular formula is C24H28N2. The molecule has 0 radical (unpaired) electrons. The molecule has 0 N–H and O–H groups in total. The Morgan fingerprint density at radius 2 is 1.31 bits per heavy atom. The highest BCUT2D eigenvalue weighted by Gasteiger charge is 2.23. The van der Waals surface area contributed by atoms with E-state index >= 15 is 0 Å². The third-order valence-corrected chi connectivity index (χ3v) is 4.72. The topological polar surface area (TPSA) is 6.48 Å². The minimum Gasteiger partial charge on any atom is -0.359 e. The Hall–Kier alpha value is -2.58. The van der Waals surface area contributed by atoms with Crippen molar-refractivity contribution in [1.29, 1.82) is 0 Å². The van der Waals surface area contributed by atoms with Crippen molar-refractivity contribution >= 4 is 5.69 Å². The SMILES string of the molecule is Cc1ccccc1N(Cc1ccccc1)C(CN(C)C)c1ccccc1. The number of hydrogen-bond acceptors (Lipinski definition) is 2. The van der Waals surface area contributed by atoms with Gasteiger partial charge in [0.15, 0.2) is 0 Å². The number of rotatable bonds is 7. The molecule has 0 fully saturated rings. The van der Waals surface area contributed by atoms with Crippen LogP contribution in [0.15, 0.2) is 84.9 Å².